The molecule has 3 rings (SSSR count). The van der Waals surface area contributed by atoms with Crippen LogP contribution in [0.4, 0.5) is 5.82 Å². The van der Waals surface area contributed by atoms with E-state index < -0.39 is 12.0 Å². The summed E-state index contributed by atoms with van der Waals surface area (Å²) in [6.45, 7) is 0.840. The lowest BCUT2D eigenvalue weighted by atomic mass is 10.1. The fourth-order valence-electron chi connectivity index (χ4n) is 2.52. The number of nitrogens with one attached hydrogen (secondary N) is 2. The first kappa shape index (κ1) is 13.6. The Balaban J connectivity index is 1.94. The Bertz CT molecular complexity index is 637. The van der Waals surface area contributed by atoms with Crippen molar-refractivity contribution >= 4 is 17.7 Å². The zero-order valence-electron chi connectivity index (χ0n) is 11.3. The Labute approximate surface area is 120 Å². The third-order valence-corrected chi connectivity index (χ3v) is 3.70. The number of amides is 1. The summed E-state index contributed by atoms with van der Waals surface area (Å²) in [5.74, 6) is -0.137. The fraction of sp³-hybridized carbons (Fsp3) is 0.538. The van der Waals surface area contributed by atoms with E-state index in [0.717, 1.165) is 12.8 Å². The number of hydrogen-bond donors (Lipinski definition) is 3. The van der Waals surface area contributed by atoms with E-state index in [1.165, 1.54) is 6.07 Å². The molecule has 1 aromatic rings. The van der Waals surface area contributed by atoms with Gasteiger partial charge in [-0.25, -0.2) is 4.98 Å². The molecule has 1 unspecified atom stereocenters. The van der Waals surface area contributed by atoms with Gasteiger partial charge in [0.1, 0.15) is 17.7 Å². The fourth-order valence-corrected chi connectivity index (χ4v) is 2.52. The second-order valence-electron chi connectivity index (χ2n) is 5.36. The van der Waals surface area contributed by atoms with Crippen molar-refractivity contribution in [3.63, 3.8) is 0 Å². The molecule has 8 heteroatoms. The SMILES string of the molecule is O=C(O)CC1C(=O)NCCN1c1cc(=O)[nH]c(C2CC2)n1. The maximum atomic E-state index is 11.9. The summed E-state index contributed by atoms with van der Waals surface area (Å²) >= 11 is 0. The van der Waals surface area contributed by atoms with Gasteiger partial charge in [-0.15, -0.1) is 0 Å². The number of anilines is 1. The van der Waals surface area contributed by atoms with E-state index in [9.17, 15) is 14.4 Å². The molecule has 2 fully saturated rings. The molecule has 1 amide bonds. The van der Waals surface area contributed by atoms with Crippen molar-refractivity contribution in [3.8, 4) is 0 Å². The first-order valence-electron chi connectivity index (χ1n) is 6.92. The molecule has 1 aliphatic heterocycles. The van der Waals surface area contributed by atoms with Crippen molar-refractivity contribution in [1.82, 2.24) is 15.3 Å². The lowest BCUT2D eigenvalue weighted by Gasteiger charge is -2.35. The van der Waals surface area contributed by atoms with Crippen LogP contribution < -0.4 is 15.8 Å². The van der Waals surface area contributed by atoms with E-state index in [-0.39, 0.29) is 23.8 Å². The number of carbonyl (C=O) groups excluding carboxylic acids is 1. The molecule has 21 heavy (non-hydrogen) atoms. The number of H-pyrrole nitrogens is 1. The van der Waals surface area contributed by atoms with E-state index in [1.54, 1.807) is 4.90 Å². The Morgan fingerprint density at radius 3 is 2.86 bits per heavy atom. The lowest BCUT2D eigenvalue weighted by Crippen LogP contribution is -2.56. The summed E-state index contributed by atoms with van der Waals surface area (Å²) < 4.78 is 0. The van der Waals surface area contributed by atoms with Crippen molar-refractivity contribution in [2.45, 2.75) is 31.2 Å². The smallest absolute Gasteiger partial charge is 0.305 e. The molecule has 0 spiro atoms. The molecule has 1 aromatic heterocycles. The molecule has 2 heterocycles. The van der Waals surface area contributed by atoms with Crippen LogP contribution in [0.2, 0.25) is 0 Å². The Kier molecular flexibility index (Phi) is 3.36. The van der Waals surface area contributed by atoms with Crippen LogP contribution in [0.5, 0.6) is 0 Å². The minimum Gasteiger partial charge on any atom is -0.481 e. The maximum Gasteiger partial charge on any atom is 0.305 e. The third kappa shape index (κ3) is 2.88. The number of piperazine rings is 1. The number of rotatable bonds is 4. The number of nitrogens with zero attached hydrogens (tertiary/aromatic N) is 2. The van der Waals surface area contributed by atoms with Crippen molar-refractivity contribution in [1.29, 1.82) is 0 Å². The summed E-state index contributed by atoms with van der Waals surface area (Å²) in [5, 5.41) is 11.6. The first-order chi connectivity index (χ1) is 10.0. The highest BCUT2D eigenvalue weighted by molar-refractivity contribution is 5.90. The average Bonchev–Trinajstić information content (AvgIpc) is 3.24. The molecule has 1 saturated heterocycles. The van der Waals surface area contributed by atoms with Crippen LogP contribution in [0, 0.1) is 0 Å². The largest absolute Gasteiger partial charge is 0.481 e. The second kappa shape index (κ2) is 5.19. The van der Waals surface area contributed by atoms with Crippen LogP contribution in [0.3, 0.4) is 0 Å². The molecule has 3 N–H and O–H groups in total. The van der Waals surface area contributed by atoms with E-state index >= 15 is 0 Å². The van der Waals surface area contributed by atoms with Crippen LogP contribution in [0.15, 0.2) is 10.9 Å². The van der Waals surface area contributed by atoms with Gasteiger partial charge in [-0.1, -0.05) is 0 Å². The highest BCUT2D eigenvalue weighted by Gasteiger charge is 2.34. The van der Waals surface area contributed by atoms with Gasteiger partial charge in [0.15, 0.2) is 0 Å². The van der Waals surface area contributed by atoms with Crippen molar-refractivity contribution in [2.75, 3.05) is 18.0 Å². The number of aromatic nitrogens is 2. The first-order valence-corrected chi connectivity index (χ1v) is 6.92. The molecule has 8 nitrogen and oxygen atoms in total. The molecule has 2 aliphatic rings. The normalized spacial score (nSPS) is 22.0. The van der Waals surface area contributed by atoms with Gasteiger partial charge in [0.2, 0.25) is 5.91 Å². The Morgan fingerprint density at radius 2 is 2.19 bits per heavy atom. The monoisotopic (exact) mass is 292 g/mol. The van der Waals surface area contributed by atoms with E-state index in [4.69, 9.17) is 5.11 Å². The predicted molar refractivity (Wildman–Crippen MR) is 73.2 cm³/mol. The standard InChI is InChI=1S/C13H16N4O4/c18-10-6-9(15-12(16-10)7-1-2-7)17-4-3-14-13(21)8(17)5-11(19)20/h6-8H,1-5H2,(H,14,21)(H,19,20)(H,15,16,18). The zero-order valence-corrected chi connectivity index (χ0v) is 11.3. The van der Waals surface area contributed by atoms with Crippen molar-refractivity contribution in [2.24, 2.45) is 0 Å². The van der Waals surface area contributed by atoms with Gasteiger partial charge in [-0.05, 0) is 12.8 Å². The van der Waals surface area contributed by atoms with Gasteiger partial charge < -0.3 is 20.3 Å². The number of carbonyl (C=O) groups is 2. The Hall–Kier alpha value is -2.38. The number of carboxylic acids is 1. The molecule has 0 aromatic carbocycles. The molecule has 1 atom stereocenters. The predicted octanol–water partition coefficient (Wildman–Crippen LogP) is -0.573. The van der Waals surface area contributed by atoms with Gasteiger partial charge >= 0.3 is 5.97 Å². The number of aromatic amines is 1. The summed E-state index contributed by atoms with van der Waals surface area (Å²) in [7, 11) is 0. The van der Waals surface area contributed by atoms with Gasteiger partial charge in [0, 0.05) is 25.1 Å². The number of aliphatic carboxylic acids is 1. The zero-order chi connectivity index (χ0) is 15.0. The highest BCUT2D eigenvalue weighted by Crippen LogP contribution is 2.38. The average molecular weight is 292 g/mol. The van der Waals surface area contributed by atoms with Gasteiger partial charge in [-0.3, -0.25) is 14.4 Å². The summed E-state index contributed by atoms with van der Waals surface area (Å²) in [6.07, 6.45) is 1.66. The van der Waals surface area contributed by atoms with Crippen LogP contribution in [-0.4, -0.2) is 46.1 Å². The van der Waals surface area contributed by atoms with E-state index in [1.807, 2.05) is 0 Å². The Morgan fingerprint density at radius 1 is 1.43 bits per heavy atom. The second-order valence-corrected chi connectivity index (χ2v) is 5.36. The van der Waals surface area contributed by atoms with Crippen molar-refractivity contribution < 1.29 is 14.7 Å². The molecular weight excluding hydrogens is 276 g/mol. The molecule has 0 bridgehead atoms. The topological polar surface area (TPSA) is 115 Å². The quantitative estimate of drug-likeness (QED) is 0.684. The van der Waals surface area contributed by atoms with Gasteiger partial charge in [-0.2, -0.15) is 0 Å². The summed E-state index contributed by atoms with van der Waals surface area (Å²) in [4.78, 5) is 43.3. The number of carboxylic acid groups (broad SMARTS) is 1. The number of hydrogen-bond acceptors (Lipinski definition) is 5. The molecule has 1 saturated carbocycles. The minimum atomic E-state index is -1.06. The van der Waals surface area contributed by atoms with Crippen LogP contribution in [0.25, 0.3) is 0 Å². The highest BCUT2D eigenvalue weighted by atomic mass is 16.4. The van der Waals surface area contributed by atoms with Crippen molar-refractivity contribution in [3.05, 3.63) is 22.2 Å². The van der Waals surface area contributed by atoms with Crippen LogP contribution >= 0.6 is 0 Å². The van der Waals surface area contributed by atoms with Crippen LogP contribution in [-0.2, 0) is 9.59 Å². The molecule has 1 aliphatic carbocycles. The lowest BCUT2D eigenvalue weighted by molar-refractivity contribution is -0.139. The maximum absolute atomic E-state index is 11.9. The molecular formula is C13H16N4O4. The van der Waals surface area contributed by atoms with Crippen LogP contribution in [0.1, 0.15) is 31.0 Å². The third-order valence-electron chi connectivity index (χ3n) is 3.70. The summed E-state index contributed by atoms with van der Waals surface area (Å²) in [6, 6.07) is 0.483. The van der Waals surface area contributed by atoms with Gasteiger partial charge in [0.25, 0.3) is 5.56 Å². The summed E-state index contributed by atoms with van der Waals surface area (Å²) in [5.41, 5.74) is -0.276. The molecule has 0 radical (unpaired) electrons. The van der Waals surface area contributed by atoms with E-state index in [2.05, 4.69) is 15.3 Å². The minimum absolute atomic E-state index is 0.272. The van der Waals surface area contributed by atoms with Gasteiger partial charge in [0.05, 0.1) is 6.42 Å². The van der Waals surface area contributed by atoms with E-state index in [0.29, 0.717) is 24.7 Å². The molecule has 112 valence electrons.